The van der Waals surface area contributed by atoms with E-state index in [1.165, 1.54) is 6.20 Å². The van der Waals surface area contributed by atoms with E-state index in [1.54, 1.807) is 42.5 Å². The number of aliphatic hydroxyl groups is 1. The normalized spacial score (nSPS) is 11.9. The van der Waals surface area contributed by atoms with Gasteiger partial charge in [-0.15, -0.1) is 0 Å². The Labute approximate surface area is 184 Å². The smallest absolute Gasteiger partial charge is 0.261 e. The van der Waals surface area contributed by atoms with Crippen LogP contribution in [0.5, 0.6) is 0 Å². The number of halogens is 2. The average Bonchev–Trinajstić information content (AvgIpc) is 3.16. The van der Waals surface area contributed by atoms with Gasteiger partial charge >= 0.3 is 0 Å². The molecule has 0 fully saturated rings. The van der Waals surface area contributed by atoms with Gasteiger partial charge in [-0.3, -0.25) is 4.79 Å². The van der Waals surface area contributed by atoms with Crippen molar-refractivity contribution in [1.82, 2.24) is 15.0 Å². The summed E-state index contributed by atoms with van der Waals surface area (Å²) < 4.78 is 0.650. The monoisotopic (exact) mass is 483 g/mol. The fourth-order valence-electron chi connectivity index (χ4n) is 3.16. The number of nitrogens with one attached hydrogen (secondary N) is 3. The quantitative estimate of drug-likeness (QED) is 0.336. The molecule has 7 nitrogen and oxygen atoms in total. The Morgan fingerprint density at radius 3 is 2.90 bits per heavy atom. The predicted molar refractivity (Wildman–Crippen MR) is 119 cm³/mol. The van der Waals surface area contributed by atoms with Crippen LogP contribution in [-0.2, 0) is 0 Å². The van der Waals surface area contributed by atoms with Crippen LogP contribution in [0.3, 0.4) is 0 Å². The molecule has 0 saturated carbocycles. The molecule has 0 amide bonds. The number of hydrogen-bond donors (Lipinski definition) is 4. The van der Waals surface area contributed by atoms with Gasteiger partial charge in [0.15, 0.2) is 0 Å². The van der Waals surface area contributed by atoms with E-state index in [9.17, 15) is 9.90 Å². The topological polar surface area (TPSA) is 118 Å². The number of nitrogens with zero attached hydrogens (tertiary/aromatic N) is 2. The number of aromatic amines is 2. The number of imidazole rings is 1. The molecule has 4 aromatic rings. The fraction of sp³-hybridized carbons (Fsp3) is 0.0952. The number of fused-ring (bicyclic) bond motifs is 1. The molecule has 2 aromatic carbocycles. The van der Waals surface area contributed by atoms with Crippen LogP contribution in [0.1, 0.15) is 17.2 Å². The highest BCUT2D eigenvalue weighted by Crippen LogP contribution is 2.29. The Balaban J connectivity index is 1.69. The van der Waals surface area contributed by atoms with Crippen molar-refractivity contribution >= 4 is 44.3 Å². The van der Waals surface area contributed by atoms with Crippen LogP contribution < -0.4 is 10.9 Å². The zero-order chi connectivity index (χ0) is 21.3. The van der Waals surface area contributed by atoms with Gasteiger partial charge in [-0.25, -0.2) is 4.98 Å². The van der Waals surface area contributed by atoms with Crippen LogP contribution in [0, 0.1) is 11.3 Å². The second kappa shape index (κ2) is 8.32. The van der Waals surface area contributed by atoms with E-state index in [0.717, 1.165) is 0 Å². The summed E-state index contributed by atoms with van der Waals surface area (Å²) in [5.74, 6) is 0.349. The van der Waals surface area contributed by atoms with Gasteiger partial charge in [-0.1, -0.05) is 23.7 Å². The van der Waals surface area contributed by atoms with Gasteiger partial charge in [-0.2, -0.15) is 5.26 Å². The molecular weight excluding hydrogens is 470 g/mol. The Morgan fingerprint density at radius 1 is 1.30 bits per heavy atom. The Morgan fingerprint density at radius 2 is 2.13 bits per heavy atom. The maximum absolute atomic E-state index is 12.6. The summed E-state index contributed by atoms with van der Waals surface area (Å²) in [7, 11) is 0. The summed E-state index contributed by atoms with van der Waals surface area (Å²) in [6.45, 7) is 0.166. The van der Waals surface area contributed by atoms with Crippen molar-refractivity contribution in [3.63, 3.8) is 0 Å². The molecule has 2 aromatic heterocycles. The SMILES string of the molecule is N#Cc1cc(Br)c2nc(-c3c(NCC(O)c4cccc(Cl)c4)cc[nH]c3=O)[nH]c2c1. The summed E-state index contributed by atoms with van der Waals surface area (Å²) >= 11 is 9.41. The van der Waals surface area contributed by atoms with Gasteiger partial charge in [0, 0.05) is 22.2 Å². The third-order valence-electron chi connectivity index (χ3n) is 4.59. The Kier molecular flexibility index (Phi) is 5.59. The van der Waals surface area contributed by atoms with E-state index in [0.29, 0.717) is 48.7 Å². The van der Waals surface area contributed by atoms with Crippen molar-refractivity contribution in [2.75, 3.05) is 11.9 Å². The minimum absolute atomic E-state index is 0.166. The molecule has 4 rings (SSSR count). The molecule has 0 aliphatic carbocycles. The summed E-state index contributed by atoms with van der Waals surface area (Å²) in [5, 5.41) is 23.3. The van der Waals surface area contributed by atoms with Crippen LogP contribution in [-0.4, -0.2) is 26.6 Å². The molecule has 1 atom stereocenters. The van der Waals surface area contributed by atoms with Gasteiger partial charge in [-0.05, 0) is 51.8 Å². The molecule has 0 saturated heterocycles. The molecule has 30 heavy (non-hydrogen) atoms. The summed E-state index contributed by atoms with van der Waals surface area (Å²) in [4.78, 5) is 22.9. The molecule has 0 aliphatic rings. The molecule has 0 spiro atoms. The van der Waals surface area contributed by atoms with Crippen LogP contribution in [0.15, 0.2) is 57.9 Å². The minimum Gasteiger partial charge on any atom is -0.387 e. The van der Waals surface area contributed by atoms with Crippen LogP contribution in [0.25, 0.3) is 22.4 Å². The fourth-order valence-corrected chi connectivity index (χ4v) is 3.91. The van der Waals surface area contributed by atoms with Gasteiger partial charge in [0.2, 0.25) is 0 Å². The highest BCUT2D eigenvalue weighted by molar-refractivity contribution is 9.10. The van der Waals surface area contributed by atoms with Crippen molar-refractivity contribution < 1.29 is 5.11 Å². The van der Waals surface area contributed by atoms with E-state index in [4.69, 9.17) is 16.9 Å². The van der Waals surface area contributed by atoms with E-state index in [-0.39, 0.29) is 12.1 Å². The largest absolute Gasteiger partial charge is 0.387 e. The first-order chi connectivity index (χ1) is 14.5. The zero-order valence-electron chi connectivity index (χ0n) is 15.4. The van der Waals surface area contributed by atoms with E-state index in [2.05, 4.69) is 42.3 Å². The van der Waals surface area contributed by atoms with E-state index in [1.807, 2.05) is 0 Å². The molecule has 9 heteroatoms. The summed E-state index contributed by atoms with van der Waals surface area (Å²) in [6.07, 6.45) is 0.700. The molecular formula is C21H15BrClN5O2. The van der Waals surface area contributed by atoms with Crippen molar-refractivity contribution in [2.45, 2.75) is 6.10 Å². The van der Waals surface area contributed by atoms with E-state index < -0.39 is 6.10 Å². The molecule has 0 radical (unpaired) electrons. The number of pyridine rings is 1. The molecule has 1 unspecified atom stereocenters. The predicted octanol–water partition coefficient (Wildman–Crippen LogP) is 4.35. The van der Waals surface area contributed by atoms with Crippen molar-refractivity contribution in [3.05, 3.63) is 79.6 Å². The highest BCUT2D eigenvalue weighted by Gasteiger charge is 2.17. The lowest BCUT2D eigenvalue weighted by molar-refractivity contribution is 0.191. The summed E-state index contributed by atoms with van der Waals surface area (Å²) in [5.41, 5.74) is 2.84. The van der Waals surface area contributed by atoms with Crippen molar-refractivity contribution in [1.29, 1.82) is 5.26 Å². The van der Waals surface area contributed by atoms with Crippen LogP contribution >= 0.6 is 27.5 Å². The maximum atomic E-state index is 12.6. The lowest BCUT2D eigenvalue weighted by Crippen LogP contribution is -2.17. The van der Waals surface area contributed by atoms with Gasteiger partial charge < -0.3 is 20.4 Å². The minimum atomic E-state index is -0.821. The third-order valence-corrected chi connectivity index (χ3v) is 5.43. The Bertz CT molecular complexity index is 1340. The highest BCUT2D eigenvalue weighted by atomic mass is 79.9. The second-order valence-electron chi connectivity index (χ2n) is 6.60. The Hall–Kier alpha value is -3.12. The molecule has 2 heterocycles. The van der Waals surface area contributed by atoms with Gasteiger partial charge in [0.1, 0.15) is 16.9 Å². The number of rotatable bonds is 5. The third kappa shape index (κ3) is 3.96. The number of aliphatic hydroxyl groups excluding tert-OH is 1. The zero-order valence-corrected chi connectivity index (χ0v) is 17.8. The molecule has 0 bridgehead atoms. The maximum Gasteiger partial charge on any atom is 0.261 e. The molecule has 0 aliphatic heterocycles. The lowest BCUT2D eigenvalue weighted by atomic mass is 10.1. The number of H-pyrrole nitrogens is 2. The standard InChI is InChI=1S/C21H15BrClN5O2/c22-14-6-11(9-24)7-16-19(14)28-20(27-16)18-15(4-5-25-21(18)30)26-10-17(29)12-2-1-3-13(23)8-12/h1-8,17,29H,10H2,(H,27,28)(H2,25,26,30). The van der Waals surface area contributed by atoms with Crippen LogP contribution in [0.2, 0.25) is 5.02 Å². The number of anilines is 1. The second-order valence-corrected chi connectivity index (χ2v) is 7.89. The van der Waals surface area contributed by atoms with Crippen molar-refractivity contribution in [2.24, 2.45) is 0 Å². The molecule has 150 valence electrons. The lowest BCUT2D eigenvalue weighted by Gasteiger charge is -2.15. The summed E-state index contributed by atoms with van der Waals surface area (Å²) in [6, 6.07) is 14.1. The number of hydrogen-bond acceptors (Lipinski definition) is 5. The number of benzene rings is 2. The first kappa shape index (κ1) is 20.2. The van der Waals surface area contributed by atoms with Gasteiger partial charge in [0.05, 0.1) is 28.9 Å². The first-order valence-corrected chi connectivity index (χ1v) is 10.1. The number of aromatic nitrogens is 3. The molecule has 4 N–H and O–H groups in total. The van der Waals surface area contributed by atoms with Crippen molar-refractivity contribution in [3.8, 4) is 17.5 Å². The van der Waals surface area contributed by atoms with Gasteiger partial charge in [0.25, 0.3) is 5.56 Å². The average molecular weight is 485 g/mol. The van der Waals surface area contributed by atoms with E-state index >= 15 is 0 Å². The van der Waals surface area contributed by atoms with Crippen LogP contribution in [0.4, 0.5) is 5.69 Å². The first-order valence-electron chi connectivity index (χ1n) is 8.95. The number of nitriles is 1.